The zero-order chi connectivity index (χ0) is 14.7. The summed E-state index contributed by atoms with van der Waals surface area (Å²) in [5.74, 6) is 1.72. The highest BCUT2D eigenvalue weighted by Gasteiger charge is 2.16. The summed E-state index contributed by atoms with van der Waals surface area (Å²) in [6.07, 6.45) is 0. The van der Waals surface area contributed by atoms with Crippen molar-refractivity contribution in [2.45, 2.75) is 25.9 Å². The Morgan fingerprint density at radius 3 is 2.70 bits per heavy atom. The lowest BCUT2D eigenvalue weighted by molar-refractivity contribution is 0.321. The van der Waals surface area contributed by atoms with E-state index in [1.165, 1.54) is 0 Å². The van der Waals surface area contributed by atoms with Gasteiger partial charge in [0.05, 0.1) is 13.2 Å². The first kappa shape index (κ1) is 14.9. The summed E-state index contributed by atoms with van der Waals surface area (Å²) in [5, 5.41) is 4.63. The summed E-state index contributed by atoms with van der Waals surface area (Å²) < 4.78 is 11.3. The van der Waals surface area contributed by atoms with Crippen molar-refractivity contribution in [2.24, 2.45) is 0 Å². The van der Waals surface area contributed by atoms with E-state index in [4.69, 9.17) is 9.15 Å². The van der Waals surface area contributed by atoms with Crippen molar-refractivity contribution < 1.29 is 9.15 Å². The first-order chi connectivity index (χ1) is 9.51. The molecule has 0 spiro atoms. The molecule has 0 aliphatic carbocycles. The van der Waals surface area contributed by atoms with Crippen LogP contribution in [-0.4, -0.2) is 38.7 Å². The predicted molar refractivity (Wildman–Crippen MR) is 82.3 cm³/mol. The molecule has 0 amide bonds. The van der Waals surface area contributed by atoms with Crippen LogP contribution in [0.4, 0.5) is 0 Å². The van der Waals surface area contributed by atoms with E-state index >= 15 is 0 Å². The van der Waals surface area contributed by atoms with Gasteiger partial charge in [-0.15, -0.1) is 0 Å². The topological polar surface area (TPSA) is 37.6 Å². The van der Waals surface area contributed by atoms with Crippen molar-refractivity contribution in [3.63, 3.8) is 0 Å². The van der Waals surface area contributed by atoms with Crippen LogP contribution >= 0.6 is 0 Å². The van der Waals surface area contributed by atoms with Crippen molar-refractivity contribution >= 4 is 11.0 Å². The third kappa shape index (κ3) is 3.32. The van der Waals surface area contributed by atoms with Gasteiger partial charge in [-0.2, -0.15) is 0 Å². The molecule has 4 nitrogen and oxygen atoms in total. The molecule has 0 aliphatic rings. The summed E-state index contributed by atoms with van der Waals surface area (Å²) in [6, 6.07) is 8.59. The molecular weight excluding hydrogens is 252 g/mol. The molecule has 0 saturated carbocycles. The van der Waals surface area contributed by atoms with Crippen molar-refractivity contribution in [1.29, 1.82) is 0 Å². The number of likely N-dealkylation sites (N-methyl/N-ethyl adjacent to an activating group) is 1. The fourth-order valence-electron chi connectivity index (χ4n) is 2.54. The number of para-hydroxylation sites is 1. The first-order valence-corrected chi connectivity index (χ1v) is 6.98. The largest absolute Gasteiger partial charge is 0.493 e. The number of hydrogen-bond donors (Lipinski definition) is 1. The standard InChI is InChI=1S/C16H24N2O2/c1-11(10-18(3)4)17-12(2)15-9-13-7-6-8-14(19-5)16(13)20-15/h6-9,11-12,17H,10H2,1-5H3. The maximum atomic E-state index is 5.96. The van der Waals surface area contributed by atoms with E-state index in [2.05, 4.69) is 44.2 Å². The molecule has 1 N–H and O–H groups in total. The first-order valence-electron chi connectivity index (χ1n) is 6.98. The number of nitrogens with one attached hydrogen (secondary N) is 1. The number of nitrogens with zero attached hydrogens (tertiary/aromatic N) is 1. The van der Waals surface area contributed by atoms with Crippen LogP contribution in [0.5, 0.6) is 5.75 Å². The monoisotopic (exact) mass is 276 g/mol. The van der Waals surface area contributed by atoms with Crippen molar-refractivity contribution in [2.75, 3.05) is 27.7 Å². The average molecular weight is 276 g/mol. The fourth-order valence-corrected chi connectivity index (χ4v) is 2.54. The van der Waals surface area contributed by atoms with Gasteiger partial charge in [-0.25, -0.2) is 0 Å². The maximum Gasteiger partial charge on any atom is 0.176 e. The summed E-state index contributed by atoms with van der Waals surface area (Å²) in [7, 11) is 5.82. The second-order valence-corrected chi connectivity index (χ2v) is 5.58. The summed E-state index contributed by atoms with van der Waals surface area (Å²) >= 11 is 0. The Hall–Kier alpha value is -1.52. The van der Waals surface area contributed by atoms with Gasteiger partial charge in [-0.3, -0.25) is 0 Å². The molecule has 1 aromatic heterocycles. The molecular formula is C16H24N2O2. The number of furan rings is 1. The van der Waals surface area contributed by atoms with Gasteiger partial charge in [-0.05, 0) is 40.1 Å². The number of benzene rings is 1. The average Bonchev–Trinajstić information content (AvgIpc) is 2.81. The molecule has 1 aromatic carbocycles. The second-order valence-electron chi connectivity index (χ2n) is 5.58. The summed E-state index contributed by atoms with van der Waals surface area (Å²) in [4.78, 5) is 2.17. The molecule has 2 aromatic rings. The Morgan fingerprint density at radius 1 is 1.30 bits per heavy atom. The van der Waals surface area contributed by atoms with Gasteiger partial charge in [0.15, 0.2) is 11.3 Å². The minimum Gasteiger partial charge on any atom is -0.493 e. The highest BCUT2D eigenvalue weighted by molar-refractivity contribution is 5.83. The number of hydrogen-bond acceptors (Lipinski definition) is 4. The highest BCUT2D eigenvalue weighted by atomic mass is 16.5. The second kappa shape index (κ2) is 6.29. The molecule has 2 rings (SSSR count). The van der Waals surface area contributed by atoms with Crippen LogP contribution in [0, 0.1) is 0 Å². The Morgan fingerprint density at radius 2 is 2.05 bits per heavy atom. The highest BCUT2D eigenvalue weighted by Crippen LogP contribution is 2.30. The van der Waals surface area contributed by atoms with Crippen LogP contribution in [0.3, 0.4) is 0 Å². The lowest BCUT2D eigenvalue weighted by atomic mass is 10.2. The lowest BCUT2D eigenvalue weighted by Gasteiger charge is -2.21. The van der Waals surface area contributed by atoms with Crippen molar-refractivity contribution in [3.8, 4) is 5.75 Å². The SMILES string of the molecule is COc1cccc2cc(C(C)NC(C)CN(C)C)oc12. The minimum atomic E-state index is 0.169. The quantitative estimate of drug-likeness (QED) is 0.880. The van der Waals surface area contributed by atoms with E-state index in [9.17, 15) is 0 Å². The zero-order valence-corrected chi connectivity index (χ0v) is 12.9. The normalized spacial score (nSPS) is 14.7. The molecule has 0 radical (unpaired) electrons. The number of ether oxygens (including phenoxy) is 1. The molecule has 0 fully saturated rings. The lowest BCUT2D eigenvalue weighted by Crippen LogP contribution is -2.37. The van der Waals surface area contributed by atoms with Crippen LogP contribution in [-0.2, 0) is 0 Å². The van der Waals surface area contributed by atoms with Gasteiger partial charge in [0.25, 0.3) is 0 Å². The molecule has 110 valence electrons. The van der Waals surface area contributed by atoms with E-state index in [1.54, 1.807) is 7.11 Å². The van der Waals surface area contributed by atoms with Gasteiger partial charge >= 0.3 is 0 Å². The molecule has 20 heavy (non-hydrogen) atoms. The summed E-state index contributed by atoms with van der Waals surface area (Å²) in [6.45, 7) is 5.30. The van der Waals surface area contributed by atoms with Crippen LogP contribution in [0.2, 0.25) is 0 Å². The molecule has 2 unspecified atom stereocenters. The van der Waals surface area contributed by atoms with Crippen LogP contribution in [0.15, 0.2) is 28.7 Å². The van der Waals surface area contributed by atoms with E-state index < -0.39 is 0 Å². The van der Waals surface area contributed by atoms with Gasteiger partial charge in [0.2, 0.25) is 0 Å². The fraction of sp³-hybridized carbons (Fsp3) is 0.500. The summed E-state index contributed by atoms with van der Waals surface area (Å²) in [5.41, 5.74) is 0.818. The predicted octanol–water partition coefficient (Wildman–Crippen LogP) is 3.04. The number of fused-ring (bicyclic) bond motifs is 1. The van der Waals surface area contributed by atoms with E-state index in [0.29, 0.717) is 6.04 Å². The third-order valence-corrected chi connectivity index (χ3v) is 3.35. The maximum absolute atomic E-state index is 5.96. The molecule has 0 bridgehead atoms. The number of rotatable bonds is 6. The van der Waals surface area contributed by atoms with Gasteiger partial charge < -0.3 is 19.4 Å². The molecule has 4 heteroatoms. The minimum absolute atomic E-state index is 0.169. The van der Waals surface area contributed by atoms with Crippen molar-refractivity contribution in [3.05, 3.63) is 30.0 Å². The van der Waals surface area contributed by atoms with Crippen molar-refractivity contribution in [1.82, 2.24) is 10.2 Å². The molecule has 1 heterocycles. The number of methoxy groups -OCH3 is 1. The molecule has 2 atom stereocenters. The Kier molecular flexibility index (Phi) is 4.68. The van der Waals surface area contributed by atoms with Gasteiger partial charge in [0, 0.05) is 18.0 Å². The Bertz CT molecular complexity index is 563. The molecule has 0 saturated heterocycles. The third-order valence-electron chi connectivity index (χ3n) is 3.35. The van der Waals surface area contributed by atoms with Crippen LogP contribution in [0.25, 0.3) is 11.0 Å². The molecule has 0 aliphatic heterocycles. The van der Waals surface area contributed by atoms with Crippen LogP contribution < -0.4 is 10.1 Å². The van der Waals surface area contributed by atoms with Gasteiger partial charge in [-0.1, -0.05) is 12.1 Å². The Labute approximate surface area is 120 Å². The van der Waals surface area contributed by atoms with Gasteiger partial charge in [0.1, 0.15) is 5.76 Å². The smallest absolute Gasteiger partial charge is 0.176 e. The van der Waals surface area contributed by atoms with E-state index in [0.717, 1.165) is 29.0 Å². The van der Waals surface area contributed by atoms with E-state index in [-0.39, 0.29) is 6.04 Å². The zero-order valence-electron chi connectivity index (χ0n) is 12.9. The van der Waals surface area contributed by atoms with E-state index in [1.807, 2.05) is 18.2 Å². The Balaban J connectivity index is 2.16. The van der Waals surface area contributed by atoms with Crippen LogP contribution in [0.1, 0.15) is 25.6 Å².